The molecule has 0 spiro atoms. The first-order valence-corrected chi connectivity index (χ1v) is 9.74. The Kier molecular flexibility index (Phi) is 6.28. The van der Waals surface area contributed by atoms with Crippen LogP contribution in [-0.4, -0.2) is 18.4 Å². The third-order valence-corrected chi connectivity index (χ3v) is 4.70. The standard InChI is InChI=1S/C23H28N2O2/c1-17(2)15-24-22(26)14-18-8-12-21(13-9-18)25(23(27)20-10-11-20)16-19-6-4-3-5-7-19/h3-9,12-13,17,20H,10-11,14-16H2,1-2H3,(H,24,26). The quantitative estimate of drug-likeness (QED) is 0.771. The zero-order chi connectivity index (χ0) is 19.2. The highest BCUT2D eigenvalue weighted by Crippen LogP contribution is 2.33. The molecule has 0 aromatic heterocycles. The summed E-state index contributed by atoms with van der Waals surface area (Å²) in [7, 11) is 0. The molecule has 0 bridgehead atoms. The molecule has 0 atom stereocenters. The third-order valence-electron chi connectivity index (χ3n) is 4.70. The maximum Gasteiger partial charge on any atom is 0.230 e. The second-order valence-corrected chi connectivity index (χ2v) is 7.73. The van der Waals surface area contributed by atoms with Crippen LogP contribution in [0.15, 0.2) is 54.6 Å². The van der Waals surface area contributed by atoms with E-state index >= 15 is 0 Å². The number of nitrogens with one attached hydrogen (secondary N) is 1. The summed E-state index contributed by atoms with van der Waals surface area (Å²) >= 11 is 0. The molecule has 0 saturated heterocycles. The zero-order valence-corrected chi connectivity index (χ0v) is 16.2. The van der Waals surface area contributed by atoms with E-state index in [-0.39, 0.29) is 17.7 Å². The molecule has 0 heterocycles. The van der Waals surface area contributed by atoms with Gasteiger partial charge in [-0.25, -0.2) is 0 Å². The maximum absolute atomic E-state index is 12.8. The summed E-state index contributed by atoms with van der Waals surface area (Å²) in [6.45, 7) is 5.42. The number of carbonyl (C=O) groups is 2. The van der Waals surface area contributed by atoms with Gasteiger partial charge in [0.2, 0.25) is 11.8 Å². The van der Waals surface area contributed by atoms with Crippen molar-refractivity contribution in [1.82, 2.24) is 5.32 Å². The molecule has 1 saturated carbocycles. The van der Waals surface area contributed by atoms with E-state index in [4.69, 9.17) is 0 Å². The van der Waals surface area contributed by atoms with Crippen LogP contribution in [0.5, 0.6) is 0 Å². The van der Waals surface area contributed by atoms with Crippen LogP contribution in [0.3, 0.4) is 0 Å². The summed E-state index contributed by atoms with van der Waals surface area (Å²) < 4.78 is 0. The van der Waals surface area contributed by atoms with Crippen molar-refractivity contribution in [3.05, 3.63) is 65.7 Å². The van der Waals surface area contributed by atoms with Gasteiger partial charge in [0.15, 0.2) is 0 Å². The van der Waals surface area contributed by atoms with Crippen LogP contribution in [0, 0.1) is 11.8 Å². The molecule has 142 valence electrons. The van der Waals surface area contributed by atoms with E-state index in [2.05, 4.69) is 19.2 Å². The van der Waals surface area contributed by atoms with Gasteiger partial charge >= 0.3 is 0 Å². The lowest BCUT2D eigenvalue weighted by Crippen LogP contribution is -2.31. The summed E-state index contributed by atoms with van der Waals surface area (Å²) in [4.78, 5) is 26.7. The van der Waals surface area contributed by atoms with Crippen LogP contribution in [0.1, 0.15) is 37.8 Å². The number of benzene rings is 2. The number of rotatable bonds is 8. The number of carbonyl (C=O) groups excluding carboxylic acids is 2. The first-order valence-electron chi connectivity index (χ1n) is 9.74. The minimum absolute atomic E-state index is 0.0339. The summed E-state index contributed by atoms with van der Waals surface area (Å²) in [5.41, 5.74) is 2.96. The van der Waals surface area contributed by atoms with Crippen LogP contribution in [0.2, 0.25) is 0 Å². The molecule has 0 radical (unpaired) electrons. The molecule has 1 aliphatic carbocycles. The SMILES string of the molecule is CC(C)CNC(=O)Cc1ccc(N(Cc2ccccc2)C(=O)C2CC2)cc1. The lowest BCUT2D eigenvalue weighted by atomic mass is 10.1. The van der Waals surface area contributed by atoms with Crippen LogP contribution >= 0.6 is 0 Å². The maximum atomic E-state index is 12.8. The normalized spacial score (nSPS) is 13.4. The summed E-state index contributed by atoms with van der Waals surface area (Å²) in [6, 6.07) is 17.9. The predicted molar refractivity (Wildman–Crippen MR) is 108 cm³/mol. The van der Waals surface area contributed by atoms with Gasteiger partial charge in [0.25, 0.3) is 0 Å². The van der Waals surface area contributed by atoms with Gasteiger partial charge in [-0.15, -0.1) is 0 Å². The fourth-order valence-electron chi connectivity index (χ4n) is 2.97. The average Bonchev–Trinajstić information content (AvgIpc) is 3.51. The van der Waals surface area contributed by atoms with Crippen molar-refractivity contribution in [1.29, 1.82) is 0 Å². The van der Waals surface area contributed by atoms with Crippen LogP contribution in [-0.2, 0) is 22.6 Å². The molecule has 2 amide bonds. The summed E-state index contributed by atoms with van der Waals surface area (Å²) in [6.07, 6.45) is 2.33. The lowest BCUT2D eigenvalue weighted by molar-refractivity contribution is -0.121. The molecule has 0 aliphatic heterocycles. The molecule has 27 heavy (non-hydrogen) atoms. The van der Waals surface area contributed by atoms with Crippen molar-refractivity contribution in [2.45, 2.75) is 39.7 Å². The van der Waals surface area contributed by atoms with Gasteiger partial charge in [0.1, 0.15) is 0 Å². The van der Waals surface area contributed by atoms with E-state index in [9.17, 15) is 9.59 Å². The number of hydrogen-bond donors (Lipinski definition) is 1. The van der Waals surface area contributed by atoms with Crippen LogP contribution < -0.4 is 10.2 Å². The van der Waals surface area contributed by atoms with Gasteiger partial charge in [-0.05, 0) is 42.0 Å². The molecule has 1 aliphatic rings. The van der Waals surface area contributed by atoms with Gasteiger partial charge in [0.05, 0.1) is 13.0 Å². The summed E-state index contributed by atoms with van der Waals surface area (Å²) in [5.74, 6) is 0.833. The third kappa shape index (κ3) is 5.68. The highest BCUT2D eigenvalue weighted by molar-refractivity contribution is 5.96. The Bertz CT molecular complexity index is 765. The second kappa shape index (κ2) is 8.85. The molecule has 2 aromatic rings. The molecule has 1 N–H and O–H groups in total. The largest absolute Gasteiger partial charge is 0.356 e. The minimum atomic E-state index is 0.0339. The van der Waals surface area contributed by atoms with Crippen LogP contribution in [0.4, 0.5) is 5.69 Å². The van der Waals surface area contributed by atoms with E-state index in [0.717, 1.165) is 29.7 Å². The van der Waals surface area contributed by atoms with Crippen molar-refractivity contribution in [3.63, 3.8) is 0 Å². The molecule has 2 aromatic carbocycles. The first-order chi connectivity index (χ1) is 13.0. The number of hydrogen-bond acceptors (Lipinski definition) is 2. The van der Waals surface area contributed by atoms with E-state index in [1.54, 1.807) is 0 Å². The molecular weight excluding hydrogens is 336 g/mol. The number of nitrogens with zero attached hydrogens (tertiary/aromatic N) is 1. The number of anilines is 1. The first kappa shape index (κ1) is 19.2. The topological polar surface area (TPSA) is 49.4 Å². The predicted octanol–water partition coefficient (Wildman–Crippen LogP) is 3.94. The second-order valence-electron chi connectivity index (χ2n) is 7.73. The monoisotopic (exact) mass is 364 g/mol. The fourth-order valence-corrected chi connectivity index (χ4v) is 2.97. The van der Waals surface area contributed by atoms with Crippen LogP contribution in [0.25, 0.3) is 0 Å². The highest BCUT2D eigenvalue weighted by Gasteiger charge is 2.34. The Balaban J connectivity index is 1.69. The molecule has 0 unspecified atom stereocenters. The number of amides is 2. The van der Waals surface area contributed by atoms with Crippen molar-refractivity contribution < 1.29 is 9.59 Å². The van der Waals surface area contributed by atoms with Crippen molar-refractivity contribution in [2.75, 3.05) is 11.4 Å². The molecular formula is C23H28N2O2. The highest BCUT2D eigenvalue weighted by atomic mass is 16.2. The lowest BCUT2D eigenvalue weighted by Gasteiger charge is -2.23. The fraction of sp³-hybridized carbons (Fsp3) is 0.391. The van der Waals surface area contributed by atoms with Gasteiger partial charge in [0, 0.05) is 18.2 Å². The van der Waals surface area contributed by atoms with Crippen molar-refractivity contribution in [3.8, 4) is 0 Å². The van der Waals surface area contributed by atoms with Gasteiger partial charge in [-0.3, -0.25) is 9.59 Å². The minimum Gasteiger partial charge on any atom is -0.356 e. The van der Waals surface area contributed by atoms with Gasteiger partial charge in [-0.1, -0.05) is 56.3 Å². The Morgan fingerprint density at radius 2 is 1.67 bits per heavy atom. The Morgan fingerprint density at radius 1 is 1.00 bits per heavy atom. The average molecular weight is 364 g/mol. The van der Waals surface area contributed by atoms with Gasteiger partial charge in [-0.2, -0.15) is 0 Å². The van der Waals surface area contributed by atoms with E-state index in [1.807, 2.05) is 59.5 Å². The molecule has 4 nitrogen and oxygen atoms in total. The Morgan fingerprint density at radius 3 is 2.26 bits per heavy atom. The van der Waals surface area contributed by atoms with Crippen molar-refractivity contribution in [2.24, 2.45) is 11.8 Å². The molecule has 1 fully saturated rings. The Hall–Kier alpha value is -2.62. The summed E-state index contributed by atoms with van der Waals surface area (Å²) in [5, 5.41) is 2.94. The Labute approximate surface area is 161 Å². The van der Waals surface area contributed by atoms with E-state index in [0.29, 0.717) is 25.4 Å². The smallest absolute Gasteiger partial charge is 0.230 e. The molecule has 3 rings (SSSR count). The van der Waals surface area contributed by atoms with Crippen molar-refractivity contribution >= 4 is 17.5 Å². The molecule has 4 heteroatoms. The van der Waals surface area contributed by atoms with Gasteiger partial charge < -0.3 is 10.2 Å². The van der Waals surface area contributed by atoms with E-state index < -0.39 is 0 Å². The zero-order valence-electron chi connectivity index (χ0n) is 16.2. The van der Waals surface area contributed by atoms with E-state index in [1.165, 1.54) is 0 Å².